The van der Waals surface area contributed by atoms with Gasteiger partial charge in [-0.15, -0.1) is 0 Å². The Morgan fingerprint density at radius 2 is 2.17 bits per heavy atom. The second-order valence-electron chi connectivity index (χ2n) is 1.04. The van der Waals surface area contributed by atoms with Gasteiger partial charge >= 0.3 is 48.1 Å². The topological polar surface area (TPSA) is 40.5 Å². The summed E-state index contributed by atoms with van der Waals surface area (Å²) < 4.78 is 0.635. The molecule has 35 valence electrons. The van der Waals surface area contributed by atoms with Crippen molar-refractivity contribution in [2.24, 2.45) is 0 Å². The van der Waals surface area contributed by atoms with Gasteiger partial charge in [0.1, 0.15) is 0 Å². The van der Waals surface area contributed by atoms with Gasteiger partial charge in [-0.2, -0.15) is 0 Å². The van der Waals surface area contributed by atoms with E-state index in [4.69, 9.17) is 10.2 Å². The van der Waals surface area contributed by atoms with Crippen LogP contribution in [0.2, 0.25) is 4.73 Å². The molecule has 0 bridgehead atoms. The third kappa shape index (κ3) is 2.85. The Kier molecular flexibility index (Phi) is 4.21. The van der Waals surface area contributed by atoms with Crippen LogP contribution in [0.3, 0.4) is 0 Å². The van der Waals surface area contributed by atoms with Gasteiger partial charge in [-0.1, -0.05) is 0 Å². The zero-order valence-corrected chi connectivity index (χ0v) is 4.95. The van der Waals surface area contributed by atoms with Gasteiger partial charge in [0.15, 0.2) is 0 Å². The van der Waals surface area contributed by atoms with E-state index in [0.29, 0.717) is 4.73 Å². The van der Waals surface area contributed by atoms with Crippen LogP contribution in [0.1, 0.15) is 0 Å². The average Bonchev–Trinajstić information content (AvgIpc) is 1.65. The Balaban J connectivity index is 2.75. The molecule has 0 radical (unpaired) electrons. The molecule has 0 aliphatic heterocycles. The molecule has 0 aromatic carbocycles. The van der Waals surface area contributed by atoms with Gasteiger partial charge in [0, 0.05) is 0 Å². The molecule has 0 aliphatic rings. The summed E-state index contributed by atoms with van der Waals surface area (Å²) in [5.41, 5.74) is 0. The van der Waals surface area contributed by atoms with Gasteiger partial charge < -0.3 is 0 Å². The van der Waals surface area contributed by atoms with Crippen molar-refractivity contribution in [1.29, 1.82) is 0 Å². The van der Waals surface area contributed by atoms with Crippen LogP contribution in [0.25, 0.3) is 0 Å². The molecule has 0 saturated carbocycles. The van der Waals surface area contributed by atoms with Crippen LogP contribution >= 0.6 is 0 Å². The van der Waals surface area contributed by atoms with Crippen molar-refractivity contribution in [3.63, 3.8) is 0 Å². The molecule has 0 aromatic heterocycles. The number of hydrogen-bond donors (Lipinski definition) is 2. The summed E-state index contributed by atoms with van der Waals surface area (Å²) in [6.07, 6.45) is -0.509. The third-order valence-electron chi connectivity index (χ3n) is 0.446. The average molecular weight is 123 g/mol. The molecule has 0 rings (SSSR count). The predicted octanol–water partition coefficient (Wildman–Crippen LogP) is -0.695. The molecule has 6 heavy (non-hydrogen) atoms. The molecule has 0 aliphatic carbocycles. The molecule has 0 spiro atoms. The Labute approximate surface area is 48.6 Å². The van der Waals surface area contributed by atoms with Crippen molar-refractivity contribution < 1.29 is 30.6 Å². The Hall–Kier alpha value is 0.634. The molecule has 1 unspecified atom stereocenters. The number of rotatable bonds is 2. The Bertz CT molecular complexity index is 28.0. The molecule has 0 fully saturated rings. The monoisotopic (exact) mass is 123 g/mol. The summed E-state index contributed by atoms with van der Waals surface area (Å²) in [6.45, 7) is -0.115. The van der Waals surface area contributed by atoms with E-state index >= 15 is 0 Å². The van der Waals surface area contributed by atoms with Crippen molar-refractivity contribution in [1.82, 2.24) is 0 Å². The fraction of sp³-hybridized carbons (Fsp3) is 1.00. The summed E-state index contributed by atoms with van der Waals surface area (Å²) in [7, 11) is 0. The molecule has 0 aromatic rings. The first kappa shape index (κ1) is 6.63. The molecule has 2 nitrogen and oxygen atoms in total. The summed E-state index contributed by atoms with van der Waals surface area (Å²) in [5, 5.41) is 16.5. The SMILES string of the molecule is OCC(O)[CH2][Ti]. The zero-order valence-electron chi connectivity index (χ0n) is 3.39. The maximum atomic E-state index is 8.42. The fourth-order valence-corrected chi connectivity index (χ4v) is 0.266. The van der Waals surface area contributed by atoms with E-state index in [-0.39, 0.29) is 6.61 Å². The van der Waals surface area contributed by atoms with E-state index in [2.05, 4.69) is 0 Å². The van der Waals surface area contributed by atoms with E-state index in [1.807, 2.05) is 20.4 Å². The third-order valence-corrected chi connectivity index (χ3v) is 1.18. The van der Waals surface area contributed by atoms with E-state index in [1.165, 1.54) is 0 Å². The second-order valence-corrected chi connectivity index (χ2v) is 1.68. The van der Waals surface area contributed by atoms with E-state index < -0.39 is 6.10 Å². The van der Waals surface area contributed by atoms with Gasteiger partial charge in [-0.3, -0.25) is 0 Å². The Morgan fingerprint density at radius 1 is 1.67 bits per heavy atom. The fourth-order valence-electron chi connectivity index (χ4n) is 0.0645. The number of aliphatic hydroxyl groups is 2. The van der Waals surface area contributed by atoms with Crippen LogP contribution in [-0.2, 0) is 20.4 Å². The van der Waals surface area contributed by atoms with Crippen LogP contribution in [0.15, 0.2) is 0 Å². The van der Waals surface area contributed by atoms with Gasteiger partial charge in [0.25, 0.3) is 0 Å². The molecule has 0 saturated heterocycles. The van der Waals surface area contributed by atoms with Gasteiger partial charge in [0.2, 0.25) is 0 Å². The minimum absolute atomic E-state index is 0.115. The van der Waals surface area contributed by atoms with Crippen LogP contribution in [0.5, 0.6) is 0 Å². The summed E-state index contributed by atoms with van der Waals surface area (Å²) in [4.78, 5) is 0. The molecule has 2 N–H and O–H groups in total. The van der Waals surface area contributed by atoms with Crippen LogP contribution in [-0.4, -0.2) is 22.9 Å². The standard InChI is InChI=1S/C3H7O2.Ti/c1-3(5)2-4;/h3-5H,1-2H2;. The number of hydrogen-bond acceptors (Lipinski definition) is 2. The van der Waals surface area contributed by atoms with E-state index in [9.17, 15) is 0 Å². The van der Waals surface area contributed by atoms with Crippen molar-refractivity contribution in [3.8, 4) is 0 Å². The maximum absolute atomic E-state index is 8.42. The second kappa shape index (κ2) is 3.81. The normalized spacial score (nSPS) is 14.2. The minimum atomic E-state index is -0.509. The molecule has 0 amide bonds. The zero-order chi connectivity index (χ0) is 4.99. The first-order valence-corrected chi connectivity index (χ1v) is 2.85. The molecule has 0 heterocycles. The molecule has 3 heteroatoms. The summed E-state index contributed by atoms with van der Waals surface area (Å²) in [5.74, 6) is 0. The van der Waals surface area contributed by atoms with Crippen molar-refractivity contribution in [3.05, 3.63) is 0 Å². The molecule has 1 atom stereocenters. The summed E-state index contributed by atoms with van der Waals surface area (Å²) in [6, 6.07) is 0. The van der Waals surface area contributed by atoms with Gasteiger partial charge in [-0.25, -0.2) is 0 Å². The van der Waals surface area contributed by atoms with E-state index in [1.54, 1.807) is 0 Å². The first-order chi connectivity index (χ1) is 2.81. The van der Waals surface area contributed by atoms with Crippen molar-refractivity contribution in [2.75, 3.05) is 6.61 Å². The quantitative estimate of drug-likeness (QED) is 0.477. The van der Waals surface area contributed by atoms with Crippen molar-refractivity contribution >= 4 is 0 Å². The van der Waals surface area contributed by atoms with Gasteiger partial charge in [-0.05, 0) is 0 Å². The van der Waals surface area contributed by atoms with Crippen molar-refractivity contribution in [2.45, 2.75) is 10.8 Å². The Morgan fingerprint density at radius 3 is 2.17 bits per heavy atom. The van der Waals surface area contributed by atoms with Crippen LogP contribution < -0.4 is 0 Å². The predicted molar refractivity (Wildman–Crippen MR) is 17.9 cm³/mol. The molecular formula is C3H7O2Ti. The molecular weight excluding hydrogens is 116 g/mol. The first-order valence-electron chi connectivity index (χ1n) is 1.74. The summed E-state index contributed by atoms with van der Waals surface area (Å²) >= 11 is 1.82. The van der Waals surface area contributed by atoms with Crippen LogP contribution in [0.4, 0.5) is 0 Å². The van der Waals surface area contributed by atoms with Gasteiger partial charge in [0.05, 0.1) is 0 Å². The van der Waals surface area contributed by atoms with Crippen LogP contribution in [0, 0.1) is 0 Å². The van der Waals surface area contributed by atoms with E-state index in [0.717, 1.165) is 0 Å². The number of aliphatic hydroxyl groups excluding tert-OH is 2.